The van der Waals surface area contributed by atoms with Crippen LogP contribution in [0.4, 0.5) is 11.4 Å². The van der Waals surface area contributed by atoms with Crippen LogP contribution in [0.15, 0.2) is 18.2 Å². The van der Waals surface area contributed by atoms with Gasteiger partial charge >= 0.3 is 0 Å². The van der Waals surface area contributed by atoms with Crippen molar-refractivity contribution in [2.24, 2.45) is 5.73 Å². The van der Waals surface area contributed by atoms with Crippen molar-refractivity contribution in [3.05, 3.63) is 33.9 Å². The van der Waals surface area contributed by atoms with Crippen LogP contribution in [0.5, 0.6) is 0 Å². The highest BCUT2D eigenvalue weighted by Gasteiger charge is 2.35. The monoisotopic (exact) mass is 313 g/mol. The molecule has 0 atom stereocenters. The number of nitrogens with two attached hydrogens (primary N) is 1. The van der Waals surface area contributed by atoms with Gasteiger partial charge in [0.1, 0.15) is 0 Å². The molecule has 2 rings (SSSR count). The molecule has 1 amide bonds. The molecule has 0 radical (unpaired) electrons. The van der Waals surface area contributed by atoms with Crippen LogP contribution in [0.2, 0.25) is 0 Å². The number of carbonyl (C=O) groups excluding carboxylic acids is 1. The molecule has 0 aromatic heterocycles. The molecule has 3 N–H and O–H groups in total. The number of amides is 1. The van der Waals surface area contributed by atoms with E-state index < -0.39 is 10.5 Å². The van der Waals surface area contributed by atoms with Crippen LogP contribution >= 0.6 is 12.4 Å². The zero-order valence-electron chi connectivity index (χ0n) is 11.9. The van der Waals surface area contributed by atoms with E-state index in [4.69, 9.17) is 5.73 Å². The third kappa shape index (κ3) is 3.92. The van der Waals surface area contributed by atoms with E-state index >= 15 is 0 Å². The molecule has 1 fully saturated rings. The van der Waals surface area contributed by atoms with Gasteiger partial charge in [0, 0.05) is 17.3 Å². The molecule has 1 aliphatic rings. The van der Waals surface area contributed by atoms with Crippen molar-refractivity contribution in [2.45, 2.75) is 44.6 Å². The number of nitro benzene ring substituents is 1. The number of carbonyl (C=O) groups is 1. The summed E-state index contributed by atoms with van der Waals surface area (Å²) in [6.07, 6.45) is 4.30. The van der Waals surface area contributed by atoms with Crippen LogP contribution in [0.25, 0.3) is 0 Å². The van der Waals surface area contributed by atoms with Gasteiger partial charge in [0.2, 0.25) is 5.91 Å². The minimum atomic E-state index is -0.849. The lowest BCUT2D eigenvalue weighted by Crippen LogP contribution is -2.52. The number of nitrogens with zero attached hydrogens (tertiary/aromatic N) is 1. The summed E-state index contributed by atoms with van der Waals surface area (Å²) in [5.41, 5.74) is 6.26. The first kappa shape index (κ1) is 17.4. The third-order valence-corrected chi connectivity index (χ3v) is 3.86. The Labute approximate surface area is 129 Å². The molecular weight excluding hydrogens is 294 g/mol. The fraction of sp³-hybridized carbons (Fsp3) is 0.500. The van der Waals surface area contributed by atoms with Gasteiger partial charge in [0.15, 0.2) is 0 Å². The molecule has 0 heterocycles. The van der Waals surface area contributed by atoms with Crippen molar-refractivity contribution >= 4 is 29.7 Å². The second-order valence-electron chi connectivity index (χ2n) is 5.43. The summed E-state index contributed by atoms with van der Waals surface area (Å²) < 4.78 is 0. The Morgan fingerprint density at radius 2 is 1.95 bits per heavy atom. The van der Waals surface area contributed by atoms with Crippen molar-refractivity contribution < 1.29 is 9.72 Å². The van der Waals surface area contributed by atoms with Crippen molar-refractivity contribution in [2.75, 3.05) is 5.32 Å². The molecule has 0 aliphatic heterocycles. The van der Waals surface area contributed by atoms with Gasteiger partial charge < -0.3 is 11.1 Å². The first-order chi connectivity index (χ1) is 9.42. The van der Waals surface area contributed by atoms with Gasteiger partial charge in [-0.3, -0.25) is 14.9 Å². The summed E-state index contributed by atoms with van der Waals surface area (Å²) in [6.45, 7) is 1.66. The van der Waals surface area contributed by atoms with Crippen LogP contribution in [0, 0.1) is 17.0 Å². The summed E-state index contributed by atoms with van der Waals surface area (Å²) in [5, 5.41) is 13.6. The minimum absolute atomic E-state index is 0. The number of aryl methyl sites for hydroxylation is 1. The number of nitro groups is 1. The fourth-order valence-electron chi connectivity index (χ4n) is 2.55. The number of hydrogen-bond acceptors (Lipinski definition) is 4. The summed E-state index contributed by atoms with van der Waals surface area (Å²) in [7, 11) is 0. The molecule has 1 saturated carbocycles. The van der Waals surface area contributed by atoms with Crippen molar-refractivity contribution in [3.63, 3.8) is 0 Å². The average molecular weight is 314 g/mol. The number of rotatable bonds is 3. The molecular formula is C14H20ClN3O3. The van der Waals surface area contributed by atoms with E-state index in [0.29, 0.717) is 24.1 Å². The second-order valence-corrected chi connectivity index (χ2v) is 5.43. The Balaban J connectivity index is 0.00000220. The Hall–Kier alpha value is -1.66. The van der Waals surface area contributed by atoms with Crippen LogP contribution in [0.1, 0.15) is 37.7 Å². The molecule has 6 nitrogen and oxygen atoms in total. The highest BCUT2D eigenvalue weighted by atomic mass is 35.5. The predicted octanol–water partition coefficient (Wildman–Crippen LogP) is 2.93. The largest absolute Gasteiger partial charge is 0.324 e. The number of halogens is 1. The van der Waals surface area contributed by atoms with Gasteiger partial charge in [-0.1, -0.05) is 25.3 Å². The molecule has 0 bridgehead atoms. The van der Waals surface area contributed by atoms with Crippen LogP contribution < -0.4 is 11.1 Å². The Bertz CT molecular complexity index is 542. The van der Waals surface area contributed by atoms with E-state index in [9.17, 15) is 14.9 Å². The zero-order chi connectivity index (χ0) is 14.8. The topological polar surface area (TPSA) is 98.3 Å². The Kier molecular flexibility index (Phi) is 5.69. The van der Waals surface area contributed by atoms with Crippen LogP contribution in [-0.2, 0) is 4.79 Å². The predicted molar refractivity (Wildman–Crippen MR) is 83.7 cm³/mol. The molecule has 0 spiro atoms. The van der Waals surface area contributed by atoms with E-state index in [1.54, 1.807) is 19.1 Å². The molecule has 7 heteroatoms. The SMILES string of the molecule is Cc1ccc(NC(=O)C2(N)CCCCC2)cc1[N+](=O)[O-].Cl. The summed E-state index contributed by atoms with van der Waals surface area (Å²) in [4.78, 5) is 22.7. The van der Waals surface area contributed by atoms with E-state index in [2.05, 4.69) is 5.32 Å². The lowest BCUT2D eigenvalue weighted by Gasteiger charge is -2.31. The third-order valence-electron chi connectivity index (χ3n) is 3.86. The maximum atomic E-state index is 12.2. The smallest absolute Gasteiger partial charge is 0.274 e. The Morgan fingerprint density at radius 1 is 1.33 bits per heavy atom. The number of benzene rings is 1. The standard InChI is InChI=1S/C14H19N3O3.ClH/c1-10-5-6-11(9-12(10)17(19)20)16-13(18)14(15)7-3-2-4-8-14;/h5-6,9H,2-4,7-8,15H2,1H3,(H,16,18);1H. The molecule has 21 heavy (non-hydrogen) atoms. The van der Waals surface area contributed by atoms with Crippen molar-refractivity contribution in [3.8, 4) is 0 Å². The molecule has 1 aliphatic carbocycles. The van der Waals surface area contributed by atoms with Gasteiger partial charge in [0.05, 0.1) is 10.5 Å². The number of nitrogens with one attached hydrogen (secondary N) is 1. The average Bonchev–Trinajstić information content (AvgIpc) is 2.41. The first-order valence-electron chi connectivity index (χ1n) is 6.78. The quantitative estimate of drug-likeness (QED) is 0.662. The lowest BCUT2D eigenvalue weighted by atomic mass is 9.82. The van der Waals surface area contributed by atoms with Gasteiger partial charge in [0.25, 0.3) is 5.69 Å². The van der Waals surface area contributed by atoms with E-state index in [0.717, 1.165) is 19.3 Å². The van der Waals surface area contributed by atoms with Gasteiger partial charge in [-0.15, -0.1) is 12.4 Å². The zero-order valence-corrected chi connectivity index (χ0v) is 12.7. The molecule has 0 saturated heterocycles. The van der Waals surface area contributed by atoms with E-state index in [1.807, 2.05) is 0 Å². The second kappa shape index (κ2) is 6.87. The van der Waals surface area contributed by atoms with Gasteiger partial charge in [-0.05, 0) is 25.8 Å². The maximum Gasteiger partial charge on any atom is 0.274 e. The summed E-state index contributed by atoms with van der Waals surface area (Å²) >= 11 is 0. The highest BCUT2D eigenvalue weighted by Crippen LogP contribution is 2.28. The lowest BCUT2D eigenvalue weighted by molar-refractivity contribution is -0.385. The molecule has 116 valence electrons. The Morgan fingerprint density at radius 3 is 2.52 bits per heavy atom. The van der Waals surface area contributed by atoms with Crippen LogP contribution in [0.3, 0.4) is 0 Å². The first-order valence-corrected chi connectivity index (χ1v) is 6.78. The van der Waals surface area contributed by atoms with Gasteiger partial charge in [-0.2, -0.15) is 0 Å². The van der Waals surface area contributed by atoms with Crippen molar-refractivity contribution in [1.82, 2.24) is 0 Å². The van der Waals surface area contributed by atoms with E-state index in [-0.39, 0.29) is 24.0 Å². The van der Waals surface area contributed by atoms with E-state index in [1.165, 1.54) is 6.07 Å². The normalized spacial score (nSPS) is 16.7. The fourth-order valence-corrected chi connectivity index (χ4v) is 2.55. The highest BCUT2D eigenvalue weighted by molar-refractivity contribution is 5.98. The minimum Gasteiger partial charge on any atom is -0.324 e. The molecule has 1 aromatic carbocycles. The summed E-state index contributed by atoms with van der Waals surface area (Å²) in [6, 6.07) is 4.66. The van der Waals surface area contributed by atoms with Crippen molar-refractivity contribution in [1.29, 1.82) is 0 Å². The summed E-state index contributed by atoms with van der Waals surface area (Å²) in [5.74, 6) is -0.254. The van der Waals surface area contributed by atoms with Gasteiger partial charge in [-0.25, -0.2) is 0 Å². The van der Waals surface area contributed by atoms with Crippen LogP contribution in [-0.4, -0.2) is 16.4 Å². The number of anilines is 1. The molecule has 0 unspecified atom stereocenters. The maximum absolute atomic E-state index is 12.2. The molecule has 1 aromatic rings. The number of hydrogen-bond donors (Lipinski definition) is 2.